The number of anilines is 1. The van der Waals surface area contributed by atoms with Gasteiger partial charge in [0.1, 0.15) is 0 Å². The fourth-order valence-electron chi connectivity index (χ4n) is 1.17. The van der Waals surface area contributed by atoms with Gasteiger partial charge in [0, 0.05) is 11.3 Å². The third-order valence-corrected chi connectivity index (χ3v) is 1.86. The van der Waals surface area contributed by atoms with Crippen LogP contribution in [-0.4, -0.2) is 11.9 Å². The van der Waals surface area contributed by atoms with Crippen LogP contribution in [-0.2, 0) is 4.79 Å². The van der Waals surface area contributed by atoms with Crippen molar-refractivity contribution in [3.05, 3.63) is 35.4 Å². The van der Waals surface area contributed by atoms with Crippen molar-refractivity contribution in [2.45, 2.75) is 6.92 Å². The number of carbonyl (C=O) groups excluding carboxylic acids is 1. The van der Waals surface area contributed by atoms with E-state index in [1.54, 1.807) is 31.2 Å². The number of aliphatic imine (C=N–C) groups is 1. The molecule has 5 nitrogen and oxygen atoms in total. The lowest BCUT2D eigenvalue weighted by Gasteiger charge is -1.98. The third kappa shape index (κ3) is 3.45. The highest BCUT2D eigenvalue weighted by atomic mass is 16.1. The summed E-state index contributed by atoms with van der Waals surface area (Å²) >= 11 is 0. The summed E-state index contributed by atoms with van der Waals surface area (Å²) in [5.41, 5.74) is 17.7. The van der Waals surface area contributed by atoms with Crippen LogP contribution in [0.5, 0.6) is 0 Å². The zero-order valence-electron chi connectivity index (χ0n) is 8.97. The first-order valence-corrected chi connectivity index (χ1v) is 4.67. The van der Waals surface area contributed by atoms with E-state index in [1.165, 1.54) is 0 Å². The topological polar surface area (TPSA) is 107 Å². The van der Waals surface area contributed by atoms with E-state index in [0.717, 1.165) is 5.56 Å². The summed E-state index contributed by atoms with van der Waals surface area (Å²) in [6.07, 6.45) is 1.67. The van der Waals surface area contributed by atoms with Gasteiger partial charge in [-0.25, -0.2) is 0 Å². The molecule has 0 radical (unpaired) electrons. The molecular formula is C11H14N4O. The van der Waals surface area contributed by atoms with Gasteiger partial charge in [-0.05, 0) is 30.7 Å². The Kier molecular flexibility index (Phi) is 3.66. The van der Waals surface area contributed by atoms with E-state index in [-0.39, 0.29) is 5.96 Å². The minimum absolute atomic E-state index is 0.245. The summed E-state index contributed by atoms with van der Waals surface area (Å²) in [7, 11) is 0. The van der Waals surface area contributed by atoms with Crippen LogP contribution >= 0.6 is 0 Å². The maximum absolute atomic E-state index is 11.4. The first-order valence-electron chi connectivity index (χ1n) is 4.67. The van der Waals surface area contributed by atoms with E-state index in [2.05, 4.69) is 4.99 Å². The fraction of sp³-hybridized carbons (Fsp3) is 0.0909. The SMILES string of the molecule is C/C(=C\c1cccc(N)c1)C(=O)N=C(N)N. The van der Waals surface area contributed by atoms with Crippen molar-refractivity contribution in [3.8, 4) is 0 Å². The van der Waals surface area contributed by atoms with E-state index in [1.807, 2.05) is 6.07 Å². The first-order chi connectivity index (χ1) is 7.49. The minimum Gasteiger partial charge on any atom is -0.399 e. The number of rotatable bonds is 2. The Morgan fingerprint density at radius 3 is 2.62 bits per heavy atom. The predicted molar refractivity (Wildman–Crippen MR) is 65.3 cm³/mol. The van der Waals surface area contributed by atoms with Crippen molar-refractivity contribution >= 4 is 23.6 Å². The summed E-state index contributed by atoms with van der Waals surface area (Å²) in [6, 6.07) is 7.17. The molecule has 0 aliphatic heterocycles. The van der Waals surface area contributed by atoms with E-state index in [9.17, 15) is 4.79 Å². The lowest BCUT2D eigenvalue weighted by molar-refractivity contribution is -0.114. The molecule has 0 saturated heterocycles. The average molecular weight is 218 g/mol. The highest BCUT2D eigenvalue weighted by molar-refractivity contribution is 6.03. The average Bonchev–Trinajstić information content (AvgIpc) is 2.16. The van der Waals surface area contributed by atoms with Crippen molar-refractivity contribution < 1.29 is 4.79 Å². The molecule has 0 saturated carbocycles. The van der Waals surface area contributed by atoms with Crippen LogP contribution in [0, 0.1) is 0 Å². The van der Waals surface area contributed by atoms with Crippen LogP contribution < -0.4 is 17.2 Å². The van der Waals surface area contributed by atoms with Gasteiger partial charge >= 0.3 is 0 Å². The van der Waals surface area contributed by atoms with Gasteiger partial charge in [0.05, 0.1) is 0 Å². The second-order valence-electron chi connectivity index (χ2n) is 3.34. The smallest absolute Gasteiger partial charge is 0.275 e. The van der Waals surface area contributed by atoms with Gasteiger partial charge in [-0.2, -0.15) is 4.99 Å². The zero-order chi connectivity index (χ0) is 12.1. The molecule has 0 aliphatic rings. The Morgan fingerprint density at radius 1 is 1.38 bits per heavy atom. The quantitative estimate of drug-likeness (QED) is 0.290. The molecule has 5 heteroatoms. The summed E-state index contributed by atoms with van der Waals surface area (Å²) < 4.78 is 0. The number of hydrogen-bond acceptors (Lipinski definition) is 2. The monoisotopic (exact) mass is 218 g/mol. The molecule has 1 aromatic carbocycles. The van der Waals surface area contributed by atoms with Crippen LogP contribution in [0.3, 0.4) is 0 Å². The molecule has 1 aromatic rings. The first kappa shape index (κ1) is 11.8. The summed E-state index contributed by atoms with van der Waals surface area (Å²) in [4.78, 5) is 14.8. The van der Waals surface area contributed by atoms with Gasteiger partial charge in [-0.3, -0.25) is 4.79 Å². The molecule has 16 heavy (non-hydrogen) atoms. The normalized spacial score (nSPS) is 10.9. The molecule has 0 spiro atoms. The molecule has 84 valence electrons. The van der Waals surface area contributed by atoms with E-state index in [0.29, 0.717) is 11.3 Å². The Hall–Kier alpha value is -2.30. The third-order valence-electron chi connectivity index (χ3n) is 1.86. The second kappa shape index (κ2) is 4.97. The number of nitrogens with two attached hydrogens (primary N) is 3. The summed E-state index contributed by atoms with van der Waals surface area (Å²) in [6.45, 7) is 1.64. The van der Waals surface area contributed by atoms with Gasteiger partial charge in [0.25, 0.3) is 5.91 Å². The highest BCUT2D eigenvalue weighted by Gasteiger charge is 2.02. The second-order valence-corrected chi connectivity index (χ2v) is 3.34. The Labute approximate surface area is 93.6 Å². The summed E-state index contributed by atoms with van der Waals surface area (Å²) in [5.74, 6) is -0.701. The molecule has 0 aliphatic carbocycles. The van der Waals surface area contributed by atoms with Gasteiger partial charge in [-0.15, -0.1) is 0 Å². The number of carbonyl (C=O) groups is 1. The van der Waals surface area contributed by atoms with E-state index in [4.69, 9.17) is 17.2 Å². The van der Waals surface area contributed by atoms with Gasteiger partial charge in [0.15, 0.2) is 5.96 Å². The Balaban J connectivity index is 2.93. The number of guanidine groups is 1. The molecule has 0 heterocycles. The molecule has 1 amide bonds. The van der Waals surface area contributed by atoms with E-state index >= 15 is 0 Å². The van der Waals surface area contributed by atoms with Crippen molar-refractivity contribution in [1.29, 1.82) is 0 Å². The number of hydrogen-bond donors (Lipinski definition) is 3. The van der Waals surface area contributed by atoms with Crippen LogP contribution in [0.2, 0.25) is 0 Å². The lowest BCUT2D eigenvalue weighted by atomic mass is 10.1. The zero-order valence-corrected chi connectivity index (χ0v) is 8.97. The van der Waals surface area contributed by atoms with Crippen molar-refractivity contribution in [2.24, 2.45) is 16.5 Å². The van der Waals surface area contributed by atoms with Crippen LogP contribution in [0.15, 0.2) is 34.8 Å². The maximum atomic E-state index is 11.4. The molecule has 0 aromatic heterocycles. The van der Waals surface area contributed by atoms with Crippen LogP contribution in [0.4, 0.5) is 5.69 Å². The molecular weight excluding hydrogens is 204 g/mol. The summed E-state index contributed by atoms with van der Waals surface area (Å²) in [5, 5.41) is 0. The molecule has 0 bridgehead atoms. The molecule has 6 N–H and O–H groups in total. The van der Waals surface area contributed by atoms with Crippen LogP contribution in [0.25, 0.3) is 6.08 Å². The van der Waals surface area contributed by atoms with Gasteiger partial charge < -0.3 is 17.2 Å². The van der Waals surface area contributed by atoms with Crippen molar-refractivity contribution in [3.63, 3.8) is 0 Å². The minimum atomic E-state index is -0.456. The van der Waals surface area contributed by atoms with Gasteiger partial charge in [0.2, 0.25) is 0 Å². The van der Waals surface area contributed by atoms with Crippen LogP contribution in [0.1, 0.15) is 12.5 Å². The largest absolute Gasteiger partial charge is 0.399 e. The number of benzene rings is 1. The van der Waals surface area contributed by atoms with Gasteiger partial charge in [-0.1, -0.05) is 12.1 Å². The number of amides is 1. The van der Waals surface area contributed by atoms with Crippen molar-refractivity contribution in [1.82, 2.24) is 0 Å². The Morgan fingerprint density at radius 2 is 2.06 bits per heavy atom. The number of nitrogens with zero attached hydrogens (tertiary/aromatic N) is 1. The van der Waals surface area contributed by atoms with Crippen molar-refractivity contribution in [2.75, 3.05) is 5.73 Å². The highest BCUT2D eigenvalue weighted by Crippen LogP contribution is 2.11. The maximum Gasteiger partial charge on any atom is 0.275 e. The molecule has 0 unspecified atom stereocenters. The molecule has 1 rings (SSSR count). The standard InChI is InChI=1S/C11H14N4O/c1-7(10(16)15-11(13)14)5-8-3-2-4-9(12)6-8/h2-6H,12H2,1H3,(H4,13,14,15,16)/b7-5+. The van der Waals surface area contributed by atoms with E-state index < -0.39 is 5.91 Å². The fourth-order valence-corrected chi connectivity index (χ4v) is 1.17. The molecule has 0 fully saturated rings. The Bertz CT molecular complexity index is 459. The number of nitrogen functional groups attached to an aromatic ring is 1. The predicted octanol–water partition coefficient (Wildman–Crippen LogP) is 0.472. The molecule has 0 atom stereocenters. The lowest BCUT2D eigenvalue weighted by Crippen LogP contribution is -2.24.